The molecular formula is C10H18N6O2. The van der Waals surface area contributed by atoms with Crippen LogP contribution in [0.1, 0.15) is 12.8 Å². The number of amides is 1. The van der Waals surface area contributed by atoms with E-state index in [4.69, 9.17) is 5.11 Å². The molecule has 8 nitrogen and oxygen atoms in total. The minimum Gasteiger partial charge on any atom is -0.395 e. The smallest absolute Gasteiger partial charge is 0.244 e. The summed E-state index contributed by atoms with van der Waals surface area (Å²) in [6.45, 7) is 2.05. The molecule has 2 heterocycles. The van der Waals surface area contributed by atoms with E-state index in [1.54, 1.807) is 4.90 Å². The van der Waals surface area contributed by atoms with Crippen molar-refractivity contribution in [3.63, 3.8) is 0 Å². The highest BCUT2D eigenvalue weighted by atomic mass is 16.3. The summed E-state index contributed by atoms with van der Waals surface area (Å²) >= 11 is 0. The summed E-state index contributed by atoms with van der Waals surface area (Å²) < 4.78 is 1.38. The van der Waals surface area contributed by atoms with Crippen molar-refractivity contribution in [2.45, 2.75) is 25.4 Å². The second kappa shape index (κ2) is 6.41. The Bertz CT molecular complexity index is 362. The number of tetrazole rings is 1. The molecule has 1 aliphatic rings. The molecule has 1 aromatic heterocycles. The third-order valence-electron chi connectivity index (χ3n) is 3.01. The molecule has 1 fully saturated rings. The van der Waals surface area contributed by atoms with Gasteiger partial charge in [-0.2, -0.15) is 0 Å². The van der Waals surface area contributed by atoms with E-state index in [2.05, 4.69) is 20.8 Å². The topological polar surface area (TPSA) is 96.2 Å². The van der Waals surface area contributed by atoms with Gasteiger partial charge in [0.15, 0.2) is 0 Å². The fraction of sp³-hybridized carbons (Fsp3) is 0.800. The quantitative estimate of drug-likeness (QED) is 0.625. The molecule has 0 spiro atoms. The fourth-order valence-corrected chi connectivity index (χ4v) is 2.11. The molecule has 0 bridgehead atoms. The summed E-state index contributed by atoms with van der Waals surface area (Å²) in [6.07, 6.45) is 3.61. The standard InChI is InChI=1S/C10H18N6O2/c17-5-4-15(6-9-2-1-3-11-9)10(18)7-16-8-12-13-14-16/h8-9,11,17H,1-7H2. The van der Waals surface area contributed by atoms with E-state index in [1.807, 2.05) is 0 Å². The van der Waals surface area contributed by atoms with Gasteiger partial charge in [0.1, 0.15) is 12.9 Å². The van der Waals surface area contributed by atoms with Crippen molar-refractivity contribution in [3.8, 4) is 0 Å². The predicted octanol–water partition coefficient (Wildman–Crippen LogP) is -1.75. The second-order valence-electron chi connectivity index (χ2n) is 4.36. The van der Waals surface area contributed by atoms with Gasteiger partial charge < -0.3 is 15.3 Å². The van der Waals surface area contributed by atoms with Crippen molar-refractivity contribution in [1.82, 2.24) is 30.4 Å². The van der Waals surface area contributed by atoms with Gasteiger partial charge in [0.25, 0.3) is 0 Å². The van der Waals surface area contributed by atoms with E-state index in [9.17, 15) is 4.79 Å². The van der Waals surface area contributed by atoms with Crippen LogP contribution < -0.4 is 5.32 Å². The Morgan fingerprint density at radius 2 is 2.50 bits per heavy atom. The van der Waals surface area contributed by atoms with Crippen LogP contribution in [-0.2, 0) is 11.3 Å². The summed E-state index contributed by atoms with van der Waals surface area (Å²) in [5.41, 5.74) is 0. The zero-order valence-electron chi connectivity index (χ0n) is 10.2. The van der Waals surface area contributed by atoms with E-state index in [-0.39, 0.29) is 19.1 Å². The Balaban J connectivity index is 1.88. The molecule has 1 amide bonds. The highest BCUT2D eigenvalue weighted by molar-refractivity contribution is 5.75. The molecule has 1 saturated heterocycles. The number of aliphatic hydroxyl groups is 1. The maximum absolute atomic E-state index is 12.1. The molecule has 1 atom stereocenters. The molecule has 2 N–H and O–H groups in total. The third-order valence-corrected chi connectivity index (χ3v) is 3.01. The number of nitrogens with zero attached hydrogens (tertiary/aromatic N) is 5. The normalized spacial score (nSPS) is 19.1. The zero-order chi connectivity index (χ0) is 12.8. The van der Waals surface area contributed by atoms with Gasteiger partial charge >= 0.3 is 0 Å². The third kappa shape index (κ3) is 3.47. The minimum absolute atomic E-state index is 0.0337. The molecular weight excluding hydrogens is 236 g/mol. The lowest BCUT2D eigenvalue weighted by molar-refractivity contribution is -0.132. The van der Waals surface area contributed by atoms with Crippen molar-refractivity contribution in [2.75, 3.05) is 26.2 Å². The molecule has 0 radical (unpaired) electrons. The lowest BCUT2D eigenvalue weighted by atomic mass is 10.2. The number of nitrogens with one attached hydrogen (secondary N) is 1. The number of carbonyl (C=O) groups excluding carboxylic acids is 1. The SMILES string of the molecule is O=C(Cn1cnnn1)N(CCO)CC1CCCN1. The van der Waals surface area contributed by atoms with Gasteiger partial charge in [-0.3, -0.25) is 4.79 Å². The molecule has 1 unspecified atom stereocenters. The lowest BCUT2D eigenvalue weighted by Crippen LogP contribution is -2.43. The summed E-state index contributed by atoms with van der Waals surface area (Å²) in [7, 11) is 0. The number of carbonyl (C=O) groups is 1. The number of aliphatic hydroxyl groups excluding tert-OH is 1. The van der Waals surface area contributed by atoms with Crippen LogP contribution in [0.4, 0.5) is 0 Å². The number of hydrogen-bond donors (Lipinski definition) is 2. The highest BCUT2D eigenvalue weighted by Gasteiger charge is 2.21. The first-order valence-corrected chi connectivity index (χ1v) is 6.12. The van der Waals surface area contributed by atoms with E-state index in [1.165, 1.54) is 11.0 Å². The number of rotatable bonds is 6. The van der Waals surface area contributed by atoms with Crippen molar-refractivity contribution in [2.24, 2.45) is 0 Å². The van der Waals surface area contributed by atoms with E-state index >= 15 is 0 Å². The van der Waals surface area contributed by atoms with Crippen LogP contribution >= 0.6 is 0 Å². The van der Waals surface area contributed by atoms with Crippen LogP contribution in [0.15, 0.2) is 6.33 Å². The first kappa shape index (κ1) is 12.9. The van der Waals surface area contributed by atoms with Gasteiger partial charge in [0.2, 0.25) is 5.91 Å². The van der Waals surface area contributed by atoms with Gasteiger partial charge in [-0.15, -0.1) is 5.10 Å². The minimum atomic E-state index is -0.0787. The largest absolute Gasteiger partial charge is 0.395 e. The summed E-state index contributed by atoms with van der Waals surface area (Å²) in [4.78, 5) is 13.7. The lowest BCUT2D eigenvalue weighted by Gasteiger charge is -2.25. The number of hydrogen-bond acceptors (Lipinski definition) is 6. The van der Waals surface area contributed by atoms with Crippen LogP contribution in [0, 0.1) is 0 Å². The van der Waals surface area contributed by atoms with Gasteiger partial charge in [0.05, 0.1) is 6.61 Å². The summed E-state index contributed by atoms with van der Waals surface area (Å²) in [5.74, 6) is -0.0787. The number of aromatic nitrogens is 4. The van der Waals surface area contributed by atoms with Crippen molar-refractivity contribution >= 4 is 5.91 Å². The van der Waals surface area contributed by atoms with Gasteiger partial charge in [-0.05, 0) is 29.8 Å². The Morgan fingerprint density at radius 3 is 3.11 bits per heavy atom. The Kier molecular flexibility index (Phi) is 4.59. The molecule has 0 aliphatic carbocycles. The molecule has 0 saturated carbocycles. The van der Waals surface area contributed by atoms with Gasteiger partial charge in [-0.25, -0.2) is 4.68 Å². The molecule has 8 heteroatoms. The van der Waals surface area contributed by atoms with Crippen LogP contribution in [0.5, 0.6) is 0 Å². The maximum Gasteiger partial charge on any atom is 0.244 e. The van der Waals surface area contributed by atoms with E-state index < -0.39 is 0 Å². The summed E-state index contributed by atoms with van der Waals surface area (Å²) in [6, 6.07) is 0.328. The molecule has 0 aromatic carbocycles. The Hall–Kier alpha value is -1.54. The fourth-order valence-electron chi connectivity index (χ4n) is 2.11. The zero-order valence-corrected chi connectivity index (χ0v) is 10.2. The van der Waals surface area contributed by atoms with Gasteiger partial charge in [0, 0.05) is 19.1 Å². The van der Waals surface area contributed by atoms with Crippen molar-refractivity contribution in [1.29, 1.82) is 0 Å². The first-order valence-electron chi connectivity index (χ1n) is 6.12. The Morgan fingerprint density at radius 1 is 1.61 bits per heavy atom. The van der Waals surface area contributed by atoms with Crippen molar-refractivity contribution in [3.05, 3.63) is 6.33 Å². The van der Waals surface area contributed by atoms with Crippen LogP contribution in [-0.4, -0.2) is 68.4 Å². The molecule has 100 valence electrons. The highest BCUT2D eigenvalue weighted by Crippen LogP contribution is 2.07. The molecule has 1 aliphatic heterocycles. The maximum atomic E-state index is 12.1. The van der Waals surface area contributed by atoms with Crippen LogP contribution in [0.25, 0.3) is 0 Å². The predicted molar refractivity (Wildman–Crippen MR) is 62.5 cm³/mol. The Labute approximate surface area is 105 Å². The van der Waals surface area contributed by atoms with Gasteiger partial charge in [-0.1, -0.05) is 0 Å². The summed E-state index contributed by atoms with van der Waals surface area (Å²) in [5, 5.41) is 23.0. The monoisotopic (exact) mass is 254 g/mol. The molecule has 18 heavy (non-hydrogen) atoms. The van der Waals surface area contributed by atoms with E-state index in [0.29, 0.717) is 19.1 Å². The van der Waals surface area contributed by atoms with E-state index in [0.717, 1.165) is 19.4 Å². The molecule has 2 rings (SSSR count). The average Bonchev–Trinajstić information content (AvgIpc) is 3.01. The van der Waals surface area contributed by atoms with Crippen molar-refractivity contribution < 1.29 is 9.90 Å². The molecule has 1 aromatic rings. The van der Waals surface area contributed by atoms with Crippen LogP contribution in [0.3, 0.4) is 0 Å². The first-order chi connectivity index (χ1) is 8.79. The van der Waals surface area contributed by atoms with Crippen LogP contribution in [0.2, 0.25) is 0 Å². The average molecular weight is 254 g/mol. The second-order valence-corrected chi connectivity index (χ2v) is 4.36.